The lowest BCUT2D eigenvalue weighted by atomic mass is 10.1. The fraction of sp³-hybridized carbons (Fsp3) is 0.200. The smallest absolute Gasteiger partial charge is 0.164 e. The second-order valence-electron chi connectivity index (χ2n) is 3.29. The van der Waals surface area contributed by atoms with Crippen molar-refractivity contribution in [1.82, 2.24) is 9.59 Å². The monoisotopic (exact) mass is 241 g/mol. The van der Waals surface area contributed by atoms with Gasteiger partial charge in [-0.3, -0.25) is 0 Å². The molecule has 0 aliphatic carbocycles. The second-order valence-corrected chi connectivity index (χ2v) is 4.08. The fourth-order valence-corrected chi connectivity index (χ4v) is 1.88. The molecule has 6 heteroatoms. The molecule has 1 heterocycles. The van der Waals surface area contributed by atoms with Gasteiger partial charge in [-0.05, 0) is 13.0 Å². The van der Waals surface area contributed by atoms with Crippen LogP contribution in [0.4, 0.5) is 13.8 Å². The van der Waals surface area contributed by atoms with E-state index in [4.69, 9.17) is 0 Å². The number of hydrogen-bond acceptors (Lipinski definition) is 4. The van der Waals surface area contributed by atoms with Crippen LogP contribution in [0.5, 0.6) is 0 Å². The van der Waals surface area contributed by atoms with Crippen LogP contribution >= 0.6 is 11.5 Å². The number of benzene rings is 1. The van der Waals surface area contributed by atoms with Crippen molar-refractivity contribution in [2.75, 3.05) is 5.32 Å². The molecule has 1 unspecified atom stereocenters. The Morgan fingerprint density at radius 2 is 2.19 bits per heavy atom. The van der Waals surface area contributed by atoms with Gasteiger partial charge < -0.3 is 5.32 Å². The van der Waals surface area contributed by atoms with Gasteiger partial charge in [0.25, 0.3) is 0 Å². The van der Waals surface area contributed by atoms with E-state index in [2.05, 4.69) is 14.9 Å². The van der Waals surface area contributed by atoms with Crippen molar-refractivity contribution in [3.8, 4) is 0 Å². The number of nitrogens with zero attached hydrogens (tertiary/aromatic N) is 2. The van der Waals surface area contributed by atoms with Crippen LogP contribution in [0, 0.1) is 11.6 Å². The van der Waals surface area contributed by atoms with Crippen molar-refractivity contribution in [1.29, 1.82) is 0 Å². The molecule has 0 saturated heterocycles. The Labute approximate surface area is 95.3 Å². The third-order valence-corrected chi connectivity index (χ3v) is 2.76. The Balaban J connectivity index is 2.21. The molecule has 0 radical (unpaired) electrons. The topological polar surface area (TPSA) is 37.8 Å². The van der Waals surface area contributed by atoms with Gasteiger partial charge >= 0.3 is 0 Å². The molecule has 1 aromatic carbocycles. The fourth-order valence-electron chi connectivity index (χ4n) is 1.38. The molecule has 1 atom stereocenters. The van der Waals surface area contributed by atoms with E-state index in [0.717, 1.165) is 11.1 Å². The second kappa shape index (κ2) is 4.52. The minimum absolute atomic E-state index is 0.286. The maximum atomic E-state index is 13.4. The van der Waals surface area contributed by atoms with Gasteiger partial charge in [0.1, 0.15) is 5.00 Å². The third kappa shape index (κ3) is 2.16. The van der Waals surface area contributed by atoms with Gasteiger partial charge in [-0.15, -0.1) is 5.10 Å². The highest BCUT2D eigenvalue weighted by Gasteiger charge is 2.14. The lowest BCUT2D eigenvalue weighted by molar-refractivity contribution is 0.495. The van der Waals surface area contributed by atoms with Gasteiger partial charge in [-0.2, -0.15) is 0 Å². The molecular weight excluding hydrogens is 232 g/mol. The largest absolute Gasteiger partial charge is 0.368 e. The van der Waals surface area contributed by atoms with Crippen LogP contribution in [-0.4, -0.2) is 9.59 Å². The summed E-state index contributed by atoms with van der Waals surface area (Å²) in [4.78, 5) is 0. The van der Waals surface area contributed by atoms with Crippen LogP contribution in [-0.2, 0) is 0 Å². The Hall–Kier alpha value is -1.56. The highest BCUT2D eigenvalue weighted by atomic mass is 32.1. The minimum atomic E-state index is -0.839. The first-order valence-corrected chi connectivity index (χ1v) is 5.43. The first kappa shape index (κ1) is 10.9. The third-order valence-electron chi connectivity index (χ3n) is 2.17. The summed E-state index contributed by atoms with van der Waals surface area (Å²) in [5.74, 6) is -1.66. The summed E-state index contributed by atoms with van der Waals surface area (Å²) in [6.45, 7) is 1.75. The van der Waals surface area contributed by atoms with Crippen molar-refractivity contribution >= 4 is 16.5 Å². The van der Waals surface area contributed by atoms with Gasteiger partial charge in [0.2, 0.25) is 0 Å². The van der Waals surface area contributed by atoms with E-state index in [1.54, 1.807) is 19.2 Å². The van der Waals surface area contributed by atoms with E-state index < -0.39 is 11.6 Å². The van der Waals surface area contributed by atoms with Crippen LogP contribution in [0.2, 0.25) is 0 Å². The van der Waals surface area contributed by atoms with Crippen LogP contribution in [0.3, 0.4) is 0 Å². The maximum Gasteiger partial charge on any atom is 0.164 e. The summed E-state index contributed by atoms with van der Waals surface area (Å²) < 4.78 is 30.1. The summed E-state index contributed by atoms with van der Waals surface area (Å²) in [6.07, 6.45) is 1.54. The Morgan fingerprint density at radius 1 is 1.38 bits per heavy atom. The molecular formula is C10H9F2N3S. The minimum Gasteiger partial charge on any atom is -0.368 e. The molecule has 0 aliphatic rings. The number of rotatable bonds is 3. The van der Waals surface area contributed by atoms with Gasteiger partial charge in [-0.25, -0.2) is 8.78 Å². The standard InChI is InChI=1S/C10H9F2N3S/c1-6(14-9-5-13-15-16-9)7-3-2-4-8(11)10(7)12/h2-6,14H,1H3. The molecule has 0 aliphatic heterocycles. The molecule has 0 amide bonds. The zero-order valence-corrected chi connectivity index (χ0v) is 9.26. The number of halogens is 2. The first-order valence-electron chi connectivity index (χ1n) is 4.66. The van der Waals surface area contributed by atoms with E-state index in [1.165, 1.54) is 17.6 Å². The number of nitrogens with one attached hydrogen (secondary N) is 1. The van der Waals surface area contributed by atoms with Crippen molar-refractivity contribution in [3.05, 3.63) is 41.6 Å². The van der Waals surface area contributed by atoms with Gasteiger partial charge in [0.05, 0.1) is 12.2 Å². The highest BCUT2D eigenvalue weighted by Crippen LogP contribution is 2.23. The van der Waals surface area contributed by atoms with Crippen molar-refractivity contribution in [2.24, 2.45) is 0 Å². The van der Waals surface area contributed by atoms with E-state index in [-0.39, 0.29) is 11.6 Å². The molecule has 0 fully saturated rings. The Bertz CT molecular complexity index is 473. The van der Waals surface area contributed by atoms with Crippen LogP contribution in [0.25, 0.3) is 0 Å². The number of hydrogen-bond donors (Lipinski definition) is 1. The average molecular weight is 241 g/mol. The Morgan fingerprint density at radius 3 is 2.88 bits per heavy atom. The van der Waals surface area contributed by atoms with Crippen molar-refractivity contribution < 1.29 is 8.78 Å². The van der Waals surface area contributed by atoms with E-state index in [0.29, 0.717) is 0 Å². The zero-order valence-electron chi connectivity index (χ0n) is 8.45. The normalized spacial score (nSPS) is 12.4. The SMILES string of the molecule is CC(Nc1cnns1)c1cccc(F)c1F. The van der Waals surface area contributed by atoms with Crippen molar-refractivity contribution in [2.45, 2.75) is 13.0 Å². The van der Waals surface area contributed by atoms with E-state index >= 15 is 0 Å². The van der Waals surface area contributed by atoms with Gasteiger partial charge in [0.15, 0.2) is 11.6 Å². The molecule has 1 N–H and O–H groups in total. The molecule has 2 rings (SSSR count). The van der Waals surface area contributed by atoms with Gasteiger partial charge in [0, 0.05) is 17.1 Å². The molecule has 84 valence electrons. The highest BCUT2D eigenvalue weighted by molar-refractivity contribution is 7.09. The van der Waals surface area contributed by atoms with Gasteiger partial charge in [-0.1, -0.05) is 16.6 Å². The van der Waals surface area contributed by atoms with E-state index in [1.807, 2.05) is 0 Å². The molecule has 0 spiro atoms. The first-order chi connectivity index (χ1) is 7.68. The number of anilines is 1. The van der Waals surface area contributed by atoms with Crippen LogP contribution < -0.4 is 5.32 Å². The maximum absolute atomic E-state index is 13.4. The summed E-state index contributed by atoms with van der Waals surface area (Å²) in [5.41, 5.74) is 0.286. The molecule has 1 aromatic heterocycles. The quantitative estimate of drug-likeness (QED) is 0.897. The average Bonchev–Trinajstić information content (AvgIpc) is 2.74. The van der Waals surface area contributed by atoms with E-state index in [9.17, 15) is 8.78 Å². The Kier molecular flexibility index (Phi) is 3.09. The lowest BCUT2D eigenvalue weighted by Crippen LogP contribution is -2.08. The zero-order chi connectivity index (χ0) is 11.5. The number of aromatic nitrogens is 2. The molecule has 16 heavy (non-hydrogen) atoms. The summed E-state index contributed by atoms with van der Waals surface area (Å²) in [6, 6.07) is 3.79. The molecule has 2 aromatic rings. The molecule has 3 nitrogen and oxygen atoms in total. The van der Waals surface area contributed by atoms with Crippen molar-refractivity contribution in [3.63, 3.8) is 0 Å². The molecule has 0 bridgehead atoms. The predicted molar refractivity (Wildman–Crippen MR) is 58.3 cm³/mol. The lowest BCUT2D eigenvalue weighted by Gasteiger charge is -2.14. The van der Waals surface area contributed by atoms with Crippen LogP contribution in [0.15, 0.2) is 24.4 Å². The summed E-state index contributed by atoms with van der Waals surface area (Å²) in [7, 11) is 0. The summed E-state index contributed by atoms with van der Waals surface area (Å²) in [5, 5.41) is 7.36. The predicted octanol–water partition coefficient (Wildman–Crippen LogP) is 2.99. The summed E-state index contributed by atoms with van der Waals surface area (Å²) >= 11 is 1.17. The van der Waals surface area contributed by atoms with Crippen LogP contribution in [0.1, 0.15) is 18.5 Å². The molecule has 0 saturated carbocycles.